The number of aromatic nitrogens is 2. The molecule has 6 nitrogen and oxygen atoms in total. The van der Waals surface area contributed by atoms with Crippen LogP contribution >= 0.6 is 0 Å². The molecule has 2 aromatic rings. The summed E-state index contributed by atoms with van der Waals surface area (Å²) < 4.78 is 2.13. The summed E-state index contributed by atoms with van der Waals surface area (Å²) in [6.07, 6.45) is 5.90. The van der Waals surface area contributed by atoms with Gasteiger partial charge < -0.3 is 14.6 Å². The van der Waals surface area contributed by atoms with Crippen molar-refractivity contribution in [3.8, 4) is 0 Å². The molecule has 6 heteroatoms. The second kappa shape index (κ2) is 5.92. The molecule has 0 atom stereocenters. The van der Waals surface area contributed by atoms with Gasteiger partial charge >= 0.3 is 6.09 Å². The number of carbonyl (C=O) groups excluding carboxylic acids is 1. The number of pyridine rings is 1. The van der Waals surface area contributed by atoms with E-state index in [0.29, 0.717) is 24.7 Å². The van der Waals surface area contributed by atoms with Crippen molar-refractivity contribution in [3.63, 3.8) is 0 Å². The van der Waals surface area contributed by atoms with Crippen LogP contribution in [0.5, 0.6) is 0 Å². The van der Waals surface area contributed by atoms with E-state index in [2.05, 4.69) is 9.55 Å². The second-order valence-corrected chi connectivity index (χ2v) is 6.92. The monoisotopic (exact) mass is 327 g/mol. The minimum atomic E-state index is -0.847. The van der Waals surface area contributed by atoms with Gasteiger partial charge in [-0.15, -0.1) is 0 Å². The molecule has 1 saturated heterocycles. The molecule has 1 saturated carbocycles. The Morgan fingerprint density at radius 1 is 1.29 bits per heavy atom. The standard InChI is InChI=1S/C18H21N3O3/c22-11-15-9-14-3-6-19-16(17(14)21(15)10-12-1-2-12)13-4-7-20(8-5-13)18(23)24/h3,6,9,11-13H,1-2,4-5,7-8,10H2,(H,23,24). The normalized spacial score (nSPS) is 18.9. The Labute approximate surface area is 140 Å². The third kappa shape index (κ3) is 2.66. The molecule has 0 bridgehead atoms. The average Bonchev–Trinajstić information content (AvgIpc) is 3.35. The van der Waals surface area contributed by atoms with Crippen LogP contribution in [0, 0.1) is 5.92 Å². The highest BCUT2D eigenvalue weighted by Gasteiger charge is 2.29. The molecule has 0 radical (unpaired) electrons. The molecule has 1 N–H and O–H groups in total. The van der Waals surface area contributed by atoms with Crippen LogP contribution < -0.4 is 0 Å². The first-order chi connectivity index (χ1) is 11.7. The molecular formula is C18H21N3O3. The van der Waals surface area contributed by atoms with Gasteiger partial charge in [-0.25, -0.2) is 4.79 Å². The Morgan fingerprint density at radius 3 is 2.67 bits per heavy atom. The number of fused-ring (bicyclic) bond motifs is 1. The predicted molar refractivity (Wildman–Crippen MR) is 89.4 cm³/mol. The zero-order valence-electron chi connectivity index (χ0n) is 13.5. The van der Waals surface area contributed by atoms with Crippen LogP contribution in [0.1, 0.15) is 47.8 Å². The van der Waals surface area contributed by atoms with Crippen LogP contribution in [0.3, 0.4) is 0 Å². The molecule has 126 valence electrons. The summed E-state index contributed by atoms with van der Waals surface area (Å²) in [6, 6.07) is 3.91. The molecule has 3 heterocycles. The van der Waals surface area contributed by atoms with Gasteiger partial charge in [-0.1, -0.05) is 0 Å². The van der Waals surface area contributed by atoms with Crippen LogP contribution in [0.25, 0.3) is 10.9 Å². The molecule has 0 aromatic carbocycles. The SMILES string of the molecule is O=Cc1cc2ccnc(C3CCN(C(=O)O)CC3)c2n1CC1CC1. The van der Waals surface area contributed by atoms with E-state index in [1.165, 1.54) is 17.7 Å². The van der Waals surface area contributed by atoms with Gasteiger partial charge in [0.05, 0.1) is 16.9 Å². The lowest BCUT2D eigenvalue weighted by Crippen LogP contribution is -2.37. The van der Waals surface area contributed by atoms with E-state index in [9.17, 15) is 9.59 Å². The summed E-state index contributed by atoms with van der Waals surface area (Å²) >= 11 is 0. The van der Waals surface area contributed by atoms with Crippen molar-refractivity contribution in [1.82, 2.24) is 14.5 Å². The van der Waals surface area contributed by atoms with Crippen molar-refractivity contribution >= 4 is 23.3 Å². The highest BCUT2D eigenvalue weighted by Crippen LogP contribution is 2.36. The van der Waals surface area contributed by atoms with E-state index < -0.39 is 6.09 Å². The number of aldehydes is 1. The third-order valence-electron chi connectivity index (χ3n) is 5.28. The highest BCUT2D eigenvalue weighted by atomic mass is 16.4. The van der Waals surface area contributed by atoms with Crippen molar-refractivity contribution in [2.45, 2.75) is 38.1 Å². The molecule has 1 aliphatic carbocycles. The first-order valence-electron chi connectivity index (χ1n) is 8.58. The lowest BCUT2D eigenvalue weighted by atomic mass is 9.92. The fraction of sp³-hybridized carbons (Fsp3) is 0.500. The third-order valence-corrected chi connectivity index (χ3v) is 5.28. The van der Waals surface area contributed by atoms with E-state index in [0.717, 1.165) is 42.3 Å². The Balaban J connectivity index is 1.71. The number of carbonyl (C=O) groups is 2. The van der Waals surface area contributed by atoms with Crippen molar-refractivity contribution in [2.75, 3.05) is 13.1 Å². The second-order valence-electron chi connectivity index (χ2n) is 6.92. The fourth-order valence-electron chi connectivity index (χ4n) is 3.76. The average molecular weight is 327 g/mol. The fourth-order valence-corrected chi connectivity index (χ4v) is 3.76. The lowest BCUT2D eigenvalue weighted by Gasteiger charge is -2.30. The van der Waals surface area contributed by atoms with Crippen LogP contribution in [0.2, 0.25) is 0 Å². The molecular weight excluding hydrogens is 306 g/mol. The van der Waals surface area contributed by atoms with E-state index in [1.807, 2.05) is 12.1 Å². The molecule has 2 aromatic heterocycles. The van der Waals surface area contributed by atoms with Gasteiger partial charge in [-0.3, -0.25) is 9.78 Å². The number of nitrogens with zero attached hydrogens (tertiary/aromatic N) is 3. The Kier molecular flexibility index (Phi) is 3.75. The number of amides is 1. The summed E-state index contributed by atoms with van der Waals surface area (Å²) in [4.78, 5) is 28.7. The van der Waals surface area contributed by atoms with Gasteiger partial charge in [0.1, 0.15) is 0 Å². The van der Waals surface area contributed by atoms with Gasteiger partial charge in [0, 0.05) is 37.1 Å². The minimum Gasteiger partial charge on any atom is -0.465 e. The molecule has 1 amide bonds. The van der Waals surface area contributed by atoms with Gasteiger partial charge in [0.15, 0.2) is 6.29 Å². The molecule has 4 rings (SSSR count). The molecule has 1 aliphatic heterocycles. The summed E-state index contributed by atoms with van der Waals surface area (Å²) in [5.41, 5.74) is 2.81. The topological polar surface area (TPSA) is 75.4 Å². The van der Waals surface area contributed by atoms with Crippen LogP contribution in [0.15, 0.2) is 18.3 Å². The maximum atomic E-state index is 11.5. The molecule has 0 unspecified atom stereocenters. The minimum absolute atomic E-state index is 0.247. The number of piperidine rings is 1. The summed E-state index contributed by atoms with van der Waals surface area (Å²) in [6.45, 7) is 1.97. The molecule has 2 aliphatic rings. The van der Waals surface area contributed by atoms with Crippen molar-refractivity contribution in [3.05, 3.63) is 29.7 Å². The van der Waals surface area contributed by atoms with Crippen LogP contribution in [-0.2, 0) is 6.54 Å². The zero-order valence-corrected chi connectivity index (χ0v) is 13.5. The van der Waals surface area contributed by atoms with Gasteiger partial charge in [-0.2, -0.15) is 0 Å². The maximum Gasteiger partial charge on any atom is 0.407 e. The van der Waals surface area contributed by atoms with Gasteiger partial charge in [0.25, 0.3) is 0 Å². The van der Waals surface area contributed by atoms with E-state index in [1.54, 1.807) is 6.20 Å². The van der Waals surface area contributed by atoms with Crippen LogP contribution in [0.4, 0.5) is 4.79 Å². The quantitative estimate of drug-likeness (QED) is 0.876. The van der Waals surface area contributed by atoms with Gasteiger partial charge in [0.2, 0.25) is 0 Å². The number of rotatable bonds is 4. The van der Waals surface area contributed by atoms with E-state index in [-0.39, 0.29) is 5.92 Å². The zero-order chi connectivity index (χ0) is 16.7. The first kappa shape index (κ1) is 15.2. The van der Waals surface area contributed by atoms with E-state index in [4.69, 9.17) is 5.11 Å². The Morgan fingerprint density at radius 2 is 2.04 bits per heavy atom. The number of likely N-dealkylation sites (tertiary alicyclic amines) is 1. The Bertz CT molecular complexity index is 786. The summed E-state index contributed by atoms with van der Waals surface area (Å²) in [7, 11) is 0. The summed E-state index contributed by atoms with van der Waals surface area (Å²) in [5.74, 6) is 0.915. The lowest BCUT2D eigenvalue weighted by molar-refractivity contribution is 0.111. The molecule has 2 fully saturated rings. The first-order valence-corrected chi connectivity index (χ1v) is 8.58. The van der Waals surface area contributed by atoms with Crippen LogP contribution in [-0.4, -0.2) is 45.0 Å². The van der Waals surface area contributed by atoms with Crippen molar-refractivity contribution in [1.29, 1.82) is 0 Å². The molecule has 24 heavy (non-hydrogen) atoms. The van der Waals surface area contributed by atoms with Crippen molar-refractivity contribution in [2.24, 2.45) is 5.92 Å². The maximum absolute atomic E-state index is 11.5. The Hall–Kier alpha value is -2.37. The van der Waals surface area contributed by atoms with E-state index >= 15 is 0 Å². The van der Waals surface area contributed by atoms with Crippen molar-refractivity contribution < 1.29 is 14.7 Å². The smallest absolute Gasteiger partial charge is 0.407 e. The number of hydrogen-bond donors (Lipinski definition) is 1. The predicted octanol–water partition coefficient (Wildman–Crippen LogP) is 3.12. The highest BCUT2D eigenvalue weighted by molar-refractivity contribution is 5.90. The molecule has 0 spiro atoms. The number of carboxylic acid groups (broad SMARTS) is 1. The summed E-state index contributed by atoms with van der Waals surface area (Å²) in [5, 5.41) is 10.2. The van der Waals surface area contributed by atoms with Gasteiger partial charge in [-0.05, 0) is 43.7 Å². The number of hydrogen-bond acceptors (Lipinski definition) is 3. The largest absolute Gasteiger partial charge is 0.465 e.